The summed E-state index contributed by atoms with van der Waals surface area (Å²) in [4.78, 5) is 14.0. The van der Waals surface area contributed by atoms with E-state index >= 15 is 0 Å². The third kappa shape index (κ3) is 4.17. The Morgan fingerprint density at radius 2 is 1.88 bits per heavy atom. The number of halogens is 1. The summed E-state index contributed by atoms with van der Waals surface area (Å²) in [5.41, 5.74) is 0. The van der Waals surface area contributed by atoms with E-state index in [1.54, 1.807) is 0 Å². The molecule has 3 heteroatoms. The zero-order valence-electron chi connectivity index (χ0n) is 10.7. The van der Waals surface area contributed by atoms with Crippen LogP contribution in [0.4, 0.5) is 0 Å². The second-order valence-electron chi connectivity index (χ2n) is 5.62. The summed E-state index contributed by atoms with van der Waals surface area (Å²) >= 11 is 6.11. The van der Waals surface area contributed by atoms with E-state index in [1.807, 2.05) is 4.90 Å². The third-order valence-electron chi connectivity index (χ3n) is 4.21. The molecule has 2 rings (SSSR count). The fourth-order valence-corrected chi connectivity index (χ4v) is 3.43. The Morgan fingerprint density at radius 3 is 2.59 bits per heavy atom. The summed E-state index contributed by atoms with van der Waals surface area (Å²) in [5.74, 6) is 1.14. The van der Waals surface area contributed by atoms with Crippen molar-refractivity contribution < 1.29 is 4.79 Å². The van der Waals surface area contributed by atoms with Gasteiger partial charge in [0.1, 0.15) is 0 Å². The standard InChI is InChI=1S/C14H24ClNO/c15-13-7-4-10-16(11-13)14(17)9-8-12-5-2-1-3-6-12/h12-13H,1-11H2. The molecule has 98 valence electrons. The number of likely N-dealkylation sites (tertiary alicyclic amines) is 1. The Hall–Kier alpha value is -0.240. The van der Waals surface area contributed by atoms with Gasteiger partial charge in [0, 0.05) is 19.5 Å². The van der Waals surface area contributed by atoms with Gasteiger partial charge in [-0.25, -0.2) is 0 Å². The van der Waals surface area contributed by atoms with Crippen LogP contribution < -0.4 is 0 Å². The first-order valence-corrected chi connectivity index (χ1v) is 7.61. The van der Waals surface area contributed by atoms with Gasteiger partial charge in [0.25, 0.3) is 0 Å². The molecule has 17 heavy (non-hydrogen) atoms. The highest BCUT2D eigenvalue weighted by atomic mass is 35.5. The van der Waals surface area contributed by atoms with E-state index < -0.39 is 0 Å². The highest BCUT2D eigenvalue weighted by molar-refractivity contribution is 6.20. The van der Waals surface area contributed by atoms with Crippen molar-refractivity contribution in [2.75, 3.05) is 13.1 Å². The second kappa shape index (κ2) is 6.63. The first-order valence-electron chi connectivity index (χ1n) is 7.17. The molecule has 2 fully saturated rings. The molecule has 1 unspecified atom stereocenters. The smallest absolute Gasteiger partial charge is 0.222 e. The zero-order valence-corrected chi connectivity index (χ0v) is 11.4. The summed E-state index contributed by atoms with van der Waals surface area (Å²) in [7, 11) is 0. The van der Waals surface area contributed by atoms with Crippen molar-refractivity contribution in [3.8, 4) is 0 Å². The molecular formula is C14H24ClNO. The Labute approximate surface area is 110 Å². The van der Waals surface area contributed by atoms with Crippen LogP contribution in [0.2, 0.25) is 0 Å². The van der Waals surface area contributed by atoms with Crippen molar-refractivity contribution in [1.82, 2.24) is 4.90 Å². The van der Waals surface area contributed by atoms with Gasteiger partial charge in [-0.05, 0) is 25.2 Å². The first kappa shape index (κ1) is 13.2. The van der Waals surface area contributed by atoms with Gasteiger partial charge in [-0.15, -0.1) is 11.6 Å². The monoisotopic (exact) mass is 257 g/mol. The van der Waals surface area contributed by atoms with Crippen LogP contribution in [0.25, 0.3) is 0 Å². The lowest BCUT2D eigenvalue weighted by atomic mass is 9.86. The van der Waals surface area contributed by atoms with Crippen LogP contribution in [0.3, 0.4) is 0 Å². The highest BCUT2D eigenvalue weighted by Crippen LogP contribution is 2.27. The molecule has 0 aromatic rings. The van der Waals surface area contributed by atoms with E-state index in [-0.39, 0.29) is 5.38 Å². The maximum absolute atomic E-state index is 12.1. The van der Waals surface area contributed by atoms with Crippen LogP contribution in [0, 0.1) is 5.92 Å². The topological polar surface area (TPSA) is 20.3 Å². The van der Waals surface area contributed by atoms with Crippen LogP contribution >= 0.6 is 11.6 Å². The van der Waals surface area contributed by atoms with Crippen molar-refractivity contribution in [2.45, 2.75) is 63.2 Å². The van der Waals surface area contributed by atoms with Crippen molar-refractivity contribution >= 4 is 17.5 Å². The SMILES string of the molecule is O=C(CCC1CCCCC1)N1CCCC(Cl)C1. The predicted octanol–water partition coefficient (Wildman–Crippen LogP) is 3.58. The molecule has 1 saturated carbocycles. The van der Waals surface area contributed by atoms with E-state index in [4.69, 9.17) is 11.6 Å². The number of carbonyl (C=O) groups excluding carboxylic acids is 1. The fourth-order valence-electron chi connectivity index (χ4n) is 3.11. The first-order chi connectivity index (χ1) is 8.25. The summed E-state index contributed by atoms with van der Waals surface area (Å²) in [5, 5.41) is 0.183. The van der Waals surface area contributed by atoms with Crippen molar-refractivity contribution in [3.63, 3.8) is 0 Å². The van der Waals surface area contributed by atoms with Crippen molar-refractivity contribution in [3.05, 3.63) is 0 Å². The molecule has 1 aliphatic carbocycles. The lowest BCUT2D eigenvalue weighted by Crippen LogP contribution is -2.40. The molecule has 2 aliphatic rings. The molecule has 0 bridgehead atoms. The van der Waals surface area contributed by atoms with Crippen LogP contribution in [-0.4, -0.2) is 29.3 Å². The minimum absolute atomic E-state index is 0.183. The lowest BCUT2D eigenvalue weighted by Gasteiger charge is -2.30. The highest BCUT2D eigenvalue weighted by Gasteiger charge is 2.23. The maximum atomic E-state index is 12.1. The lowest BCUT2D eigenvalue weighted by molar-refractivity contribution is -0.132. The summed E-state index contributed by atoms with van der Waals surface area (Å²) in [6.07, 6.45) is 10.8. The molecule has 0 aromatic heterocycles. The van der Waals surface area contributed by atoms with Gasteiger partial charge < -0.3 is 4.90 Å². The molecule has 1 atom stereocenters. The number of hydrogen-bond acceptors (Lipinski definition) is 1. The molecule has 2 nitrogen and oxygen atoms in total. The molecule has 1 heterocycles. The molecule has 0 N–H and O–H groups in total. The van der Waals surface area contributed by atoms with E-state index in [1.165, 1.54) is 32.1 Å². The van der Waals surface area contributed by atoms with Crippen LogP contribution in [-0.2, 0) is 4.79 Å². The van der Waals surface area contributed by atoms with E-state index in [0.717, 1.165) is 44.7 Å². The maximum Gasteiger partial charge on any atom is 0.222 e. The minimum Gasteiger partial charge on any atom is -0.341 e. The van der Waals surface area contributed by atoms with Crippen LogP contribution in [0.5, 0.6) is 0 Å². The van der Waals surface area contributed by atoms with E-state index in [2.05, 4.69) is 0 Å². The molecular weight excluding hydrogens is 234 g/mol. The van der Waals surface area contributed by atoms with Gasteiger partial charge >= 0.3 is 0 Å². The van der Waals surface area contributed by atoms with Crippen molar-refractivity contribution in [1.29, 1.82) is 0 Å². The van der Waals surface area contributed by atoms with E-state index in [9.17, 15) is 4.79 Å². The Morgan fingerprint density at radius 1 is 1.12 bits per heavy atom. The largest absolute Gasteiger partial charge is 0.341 e. The van der Waals surface area contributed by atoms with Gasteiger partial charge in [0.2, 0.25) is 5.91 Å². The number of nitrogens with zero attached hydrogens (tertiary/aromatic N) is 1. The Kier molecular flexibility index (Phi) is 5.15. The Balaban J connectivity index is 1.69. The number of hydrogen-bond donors (Lipinski definition) is 0. The van der Waals surface area contributed by atoms with Crippen LogP contribution in [0.15, 0.2) is 0 Å². The van der Waals surface area contributed by atoms with Gasteiger partial charge in [0.05, 0.1) is 5.38 Å². The summed E-state index contributed by atoms with van der Waals surface area (Å²) < 4.78 is 0. The predicted molar refractivity (Wildman–Crippen MR) is 71.3 cm³/mol. The van der Waals surface area contributed by atoms with Crippen LogP contribution in [0.1, 0.15) is 57.8 Å². The Bertz CT molecular complexity index is 251. The average Bonchev–Trinajstić information content (AvgIpc) is 2.37. The zero-order chi connectivity index (χ0) is 12.1. The average molecular weight is 258 g/mol. The fraction of sp³-hybridized carbons (Fsp3) is 0.929. The normalized spacial score (nSPS) is 27.1. The number of amides is 1. The molecule has 0 radical (unpaired) electrons. The summed E-state index contributed by atoms with van der Waals surface area (Å²) in [6, 6.07) is 0. The number of carbonyl (C=O) groups is 1. The van der Waals surface area contributed by atoms with Gasteiger partial charge in [-0.2, -0.15) is 0 Å². The van der Waals surface area contributed by atoms with Gasteiger partial charge in [0.15, 0.2) is 0 Å². The van der Waals surface area contributed by atoms with E-state index in [0.29, 0.717) is 5.91 Å². The molecule has 1 saturated heterocycles. The van der Waals surface area contributed by atoms with Crippen molar-refractivity contribution in [2.24, 2.45) is 5.92 Å². The molecule has 1 aliphatic heterocycles. The molecule has 0 aromatic carbocycles. The number of rotatable bonds is 3. The molecule has 1 amide bonds. The molecule has 0 spiro atoms. The number of alkyl halides is 1. The minimum atomic E-state index is 0.183. The summed E-state index contributed by atoms with van der Waals surface area (Å²) in [6.45, 7) is 1.69. The quantitative estimate of drug-likeness (QED) is 0.708. The van der Waals surface area contributed by atoms with Gasteiger partial charge in [-0.1, -0.05) is 32.1 Å². The second-order valence-corrected chi connectivity index (χ2v) is 6.24. The number of piperidine rings is 1. The van der Waals surface area contributed by atoms with Gasteiger partial charge in [-0.3, -0.25) is 4.79 Å². The third-order valence-corrected chi connectivity index (χ3v) is 4.56.